The fraction of sp³-hybridized carbons (Fsp3) is 0.111. The van der Waals surface area contributed by atoms with Crippen molar-refractivity contribution in [2.75, 3.05) is 12.4 Å². The zero-order valence-electron chi connectivity index (χ0n) is 13.6. The number of carbonyl (C=O) groups is 1. The molecule has 0 fully saturated rings. The Labute approximate surface area is 147 Å². The fourth-order valence-corrected chi connectivity index (χ4v) is 2.27. The van der Waals surface area contributed by atoms with Crippen molar-refractivity contribution < 1.29 is 27.6 Å². The highest BCUT2D eigenvalue weighted by molar-refractivity contribution is 6.03. The molecule has 0 saturated carbocycles. The second kappa shape index (κ2) is 7.64. The lowest BCUT2D eigenvalue weighted by molar-refractivity contribution is -0.0498. The summed E-state index contributed by atoms with van der Waals surface area (Å²) in [5.41, 5.74) is 1.13. The molecular formula is C18H14F2N2O4. The van der Waals surface area contributed by atoms with Crippen LogP contribution in [0.25, 0.3) is 11.3 Å². The van der Waals surface area contributed by atoms with Gasteiger partial charge in [-0.05, 0) is 36.4 Å². The molecule has 1 aromatic heterocycles. The van der Waals surface area contributed by atoms with Gasteiger partial charge in [0.05, 0.1) is 12.7 Å². The minimum Gasteiger partial charge on any atom is -0.496 e. The van der Waals surface area contributed by atoms with Crippen LogP contribution in [0.2, 0.25) is 0 Å². The van der Waals surface area contributed by atoms with Crippen molar-refractivity contribution >= 4 is 11.6 Å². The standard InChI is InChI=1S/C18H14F2N2O4/c1-24-15-5-3-2-4-13(15)16-10-14(22-26-16)17(23)21-11-6-8-12(9-7-11)25-18(19)20/h2-10,18H,1H3,(H,21,23). The Hall–Kier alpha value is -3.42. The molecule has 3 aromatic rings. The number of carbonyl (C=O) groups excluding carboxylic acids is 1. The van der Waals surface area contributed by atoms with Crippen molar-refractivity contribution in [3.05, 3.63) is 60.3 Å². The van der Waals surface area contributed by atoms with E-state index in [0.717, 1.165) is 0 Å². The van der Waals surface area contributed by atoms with Crippen molar-refractivity contribution in [2.24, 2.45) is 0 Å². The number of nitrogens with zero attached hydrogens (tertiary/aromatic N) is 1. The van der Waals surface area contributed by atoms with Gasteiger partial charge in [-0.15, -0.1) is 0 Å². The van der Waals surface area contributed by atoms with Crippen LogP contribution in [0.3, 0.4) is 0 Å². The molecule has 0 bridgehead atoms. The Morgan fingerprint density at radius 1 is 1.15 bits per heavy atom. The van der Waals surface area contributed by atoms with Crippen LogP contribution in [0.5, 0.6) is 11.5 Å². The SMILES string of the molecule is COc1ccccc1-c1cc(C(=O)Nc2ccc(OC(F)F)cc2)no1. The number of hydrogen-bond donors (Lipinski definition) is 1. The van der Waals surface area contributed by atoms with Crippen LogP contribution in [0, 0.1) is 0 Å². The Balaban J connectivity index is 1.72. The molecule has 0 aliphatic carbocycles. The molecule has 0 radical (unpaired) electrons. The zero-order chi connectivity index (χ0) is 18.5. The van der Waals surface area contributed by atoms with E-state index in [0.29, 0.717) is 22.8 Å². The van der Waals surface area contributed by atoms with E-state index < -0.39 is 12.5 Å². The number of ether oxygens (including phenoxy) is 2. The average molecular weight is 360 g/mol. The highest BCUT2D eigenvalue weighted by atomic mass is 19.3. The highest BCUT2D eigenvalue weighted by Crippen LogP contribution is 2.30. The monoisotopic (exact) mass is 360 g/mol. The molecule has 0 unspecified atom stereocenters. The lowest BCUT2D eigenvalue weighted by Gasteiger charge is -2.06. The van der Waals surface area contributed by atoms with Crippen molar-refractivity contribution in [1.82, 2.24) is 5.16 Å². The molecule has 0 atom stereocenters. The number of hydrogen-bond acceptors (Lipinski definition) is 5. The van der Waals surface area contributed by atoms with E-state index in [1.165, 1.54) is 37.4 Å². The van der Waals surface area contributed by atoms with E-state index in [1.54, 1.807) is 12.1 Å². The summed E-state index contributed by atoms with van der Waals surface area (Å²) in [5.74, 6) is 0.467. The number of anilines is 1. The molecule has 0 spiro atoms. The normalized spacial score (nSPS) is 10.6. The van der Waals surface area contributed by atoms with E-state index in [9.17, 15) is 13.6 Å². The molecule has 26 heavy (non-hydrogen) atoms. The lowest BCUT2D eigenvalue weighted by Crippen LogP contribution is -2.12. The molecule has 3 rings (SSSR count). The van der Waals surface area contributed by atoms with Gasteiger partial charge in [0.15, 0.2) is 11.5 Å². The average Bonchev–Trinajstić information content (AvgIpc) is 3.13. The molecular weight excluding hydrogens is 346 g/mol. The molecule has 2 aromatic carbocycles. The minimum atomic E-state index is -2.90. The molecule has 0 aliphatic heterocycles. The summed E-state index contributed by atoms with van der Waals surface area (Å²) in [4.78, 5) is 12.3. The Bertz CT molecular complexity index is 894. The molecule has 134 valence electrons. The number of nitrogens with one attached hydrogen (secondary N) is 1. The summed E-state index contributed by atoms with van der Waals surface area (Å²) in [6.07, 6.45) is 0. The van der Waals surface area contributed by atoms with Gasteiger partial charge in [0.25, 0.3) is 5.91 Å². The summed E-state index contributed by atoms with van der Waals surface area (Å²) < 4.78 is 39.0. The van der Waals surface area contributed by atoms with Crippen LogP contribution in [0.4, 0.5) is 14.5 Å². The number of amides is 1. The maximum Gasteiger partial charge on any atom is 0.387 e. The van der Waals surface area contributed by atoms with Gasteiger partial charge in [-0.25, -0.2) is 0 Å². The molecule has 1 amide bonds. The van der Waals surface area contributed by atoms with E-state index in [2.05, 4.69) is 15.2 Å². The molecule has 8 heteroatoms. The van der Waals surface area contributed by atoms with Crippen LogP contribution < -0.4 is 14.8 Å². The summed E-state index contributed by atoms with van der Waals surface area (Å²) in [5, 5.41) is 6.35. The summed E-state index contributed by atoms with van der Waals surface area (Å²) in [6, 6.07) is 14.2. The van der Waals surface area contributed by atoms with E-state index in [-0.39, 0.29) is 11.4 Å². The third kappa shape index (κ3) is 3.97. The quantitative estimate of drug-likeness (QED) is 0.713. The number of aromatic nitrogens is 1. The zero-order valence-corrected chi connectivity index (χ0v) is 13.6. The Morgan fingerprint density at radius 3 is 2.58 bits per heavy atom. The van der Waals surface area contributed by atoms with Gasteiger partial charge in [-0.3, -0.25) is 4.79 Å². The predicted octanol–water partition coefficient (Wildman–Crippen LogP) is 4.20. The van der Waals surface area contributed by atoms with Gasteiger partial charge in [0, 0.05) is 11.8 Å². The summed E-state index contributed by atoms with van der Waals surface area (Å²) in [7, 11) is 1.53. The van der Waals surface area contributed by atoms with Crippen LogP contribution in [-0.2, 0) is 0 Å². The van der Waals surface area contributed by atoms with Gasteiger partial charge in [0.1, 0.15) is 11.5 Å². The largest absolute Gasteiger partial charge is 0.496 e. The van der Waals surface area contributed by atoms with E-state index >= 15 is 0 Å². The Morgan fingerprint density at radius 2 is 1.88 bits per heavy atom. The van der Waals surface area contributed by atoms with Crippen molar-refractivity contribution in [2.45, 2.75) is 6.61 Å². The maximum atomic E-state index is 12.3. The van der Waals surface area contributed by atoms with Gasteiger partial charge < -0.3 is 19.3 Å². The van der Waals surface area contributed by atoms with Gasteiger partial charge >= 0.3 is 6.61 Å². The van der Waals surface area contributed by atoms with E-state index in [1.807, 2.05) is 12.1 Å². The number of benzene rings is 2. The first-order valence-electron chi connectivity index (χ1n) is 7.53. The predicted molar refractivity (Wildman–Crippen MR) is 89.5 cm³/mol. The Kier molecular flexibility index (Phi) is 5.12. The van der Waals surface area contributed by atoms with Gasteiger partial charge in [-0.2, -0.15) is 8.78 Å². The van der Waals surface area contributed by atoms with Crippen molar-refractivity contribution in [3.63, 3.8) is 0 Å². The van der Waals surface area contributed by atoms with E-state index in [4.69, 9.17) is 9.26 Å². The number of halogens is 2. The fourth-order valence-electron chi connectivity index (χ4n) is 2.27. The second-order valence-corrected chi connectivity index (χ2v) is 5.13. The molecule has 1 heterocycles. The smallest absolute Gasteiger partial charge is 0.387 e. The van der Waals surface area contributed by atoms with Crippen LogP contribution in [0.15, 0.2) is 59.1 Å². The number of para-hydroxylation sites is 1. The van der Waals surface area contributed by atoms with Crippen LogP contribution in [-0.4, -0.2) is 24.8 Å². The second-order valence-electron chi connectivity index (χ2n) is 5.13. The first-order valence-corrected chi connectivity index (χ1v) is 7.53. The van der Waals surface area contributed by atoms with Crippen molar-refractivity contribution in [1.29, 1.82) is 0 Å². The molecule has 1 N–H and O–H groups in total. The minimum absolute atomic E-state index is 0.00195. The summed E-state index contributed by atoms with van der Waals surface area (Å²) >= 11 is 0. The number of methoxy groups -OCH3 is 1. The third-order valence-corrected chi connectivity index (χ3v) is 3.45. The van der Waals surface area contributed by atoms with Gasteiger partial charge in [-0.1, -0.05) is 17.3 Å². The number of rotatable bonds is 6. The maximum absolute atomic E-state index is 12.3. The third-order valence-electron chi connectivity index (χ3n) is 3.45. The van der Waals surface area contributed by atoms with Crippen molar-refractivity contribution in [3.8, 4) is 22.8 Å². The molecule has 6 nitrogen and oxygen atoms in total. The molecule has 0 aliphatic rings. The topological polar surface area (TPSA) is 73.6 Å². The number of alkyl halides is 2. The highest BCUT2D eigenvalue weighted by Gasteiger charge is 2.16. The summed E-state index contributed by atoms with van der Waals surface area (Å²) in [6.45, 7) is -2.90. The van der Waals surface area contributed by atoms with Crippen LogP contribution in [0.1, 0.15) is 10.5 Å². The van der Waals surface area contributed by atoms with Gasteiger partial charge in [0.2, 0.25) is 0 Å². The first-order chi connectivity index (χ1) is 12.6. The van der Waals surface area contributed by atoms with Crippen LogP contribution >= 0.6 is 0 Å². The first kappa shape index (κ1) is 17.4. The lowest BCUT2D eigenvalue weighted by atomic mass is 10.1. The molecule has 0 saturated heterocycles.